The van der Waals surface area contributed by atoms with E-state index in [0.717, 1.165) is 5.56 Å². The van der Waals surface area contributed by atoms with E-state index < -0.39 is 0 Å². The molecule has 5 heteroatoms. The molecule has 1 aromatic carbocycles. The Balaban J connectivity index is 2.74. The van der Waals surface area contributed by atoms with Gasteiger partial charge < -0.3 is 19.9 Å². The lowest BCUT2D eigenvalue weighted by Crippen LogP contribution is -2.10. The SMILES string of the molecule is COC(=O)CCOc1c(CCN)cccc1OC. The first-order chi connectivity index (χ1) is 8.72. The molecule has 1 aromatic rings. The molecule has 0 atom stereocenters. The minimum atomic E-state index is -0.301. The maximum absolute atomic E-state index is 11.0. The van der Waals surface area contributed by atoms with Crippen molar-refractivity contribution in [1.82, 2.24) is 0 Å². The molecule has 0 heterocycles. The van der Waals surface area contributed by atoms with Crippen LogP contribution in [0.1, 0.15) is 12.0 Å². The highest BCUT2D eigenvalue weighted by Gasteiger charge is 2.11. The van der Waals surface area contributed by atoms with Crippen LogP contribution < -0.4 is 15.2 Å². The largest absolute Gasteiger partial charge is 0.493 e. The predicted molar refractivity (Wildman–Crippen MR) is 67.9 cm³/mol. The van der Waals surface area contributed by atoms with Crippen molar-refractivity contribution >= 4 is 5.97 Å². The minimum absolute atomic E-state index is 0.205. The molecule has 5 nitrogen and oxygen atoms in total. The van der Waals surface area contributed by atoms with Crippen LogP contribution in [0.25, 0.3) is 0 Å². The van der Waals surface area contributed by atoms with Crippen LogP contribution in [0.2, 0.25) is 0 Å². The standard InChI is InChI=1S/C13H19NO4/c1-16-11-5-3-4-10(6-8-14)13(11)18-9-7-12(15)17-2/h3-5H,6-9,14H2,1-2H3. The van der Waals surface area contributed by atoms with Crippen LogP contribution in [-0.2, 0) is 16.0 Å². The lowest BCUT2D eigenvalue weighted by atomic mass is 10.1. The van der Waals surface area contributed by atoms with Gasteiger partial charge in [-0.15, -0.1) is 0 Å². The maximum atomic E-state index is 11.0. The summed E-state index contributed by atoms with van der Waals surface area (Å²) < 4.78 is 15.4. The molecule has 0 bridgehead atoms. The number of ether oxygens (including phenoxy) is 3. The molecule has 100 valence electrons. The van der Waals surface area contributed by atoms with Gasteiger partial charge in [0, 0.05) is 0 Å². The van der Waals surface area contributed by atoms with Gasteiger partial charge in [0.15, 0.2) is 11.5 Å². The number of carbonyl (C=O) groups is 1. The first-order valence-corrected chi connectivity index (χ1v) is 5.78. The molecule has 0 aliphatic carbocycles. The number of benzene rings is 1. The van der Waals surface area contributed by atoms with E-state index in [4.69, 9.17) is 15.2 Å². The average molecular weight is 253 g/mol. The van der Waals surface area contributed by atoms with Gasteiger partial charge in [0.1, 0.15) is 0 Å². The molecule has 0 unspecified atom stereocenters. The van der Waals surface area contributed by atoms with Gasteiger partial charge in [-0.25, -0.2) is 0 Å². The second-order valence-electron chi connectivity index (χ2n) is 3.66. The number of para-hydroxylation sites is 1. The molecule has 0 fully saturated rings. The van der Waals surface area contributed by atoms with Crippen molar-refractivity contribution in [2.24, 2.45) is 5.73 Å². The first-order valence-electron chi connectivity index (χ1n) is 5.78. The van der Waals surface area contributed by atoms with Crippen LogP contribution in [0.5, 0.6) is 11.5 Å². The van der Waals surface area contributed by atoms with Crippen LogP contribution in [0.3, 0.4) is 0 Å². The quantitative estimate of drug-likeness (QED) is 0.738. The average Bonchev–Trinajstić information content (AvgIpc) is 2.40. The Bertz CT molecular complexity index is 393. The Morgan fingerprint density at radius 3 is 2.72 bits per heavy atom. The van der Waals surface area contributed by atoms with E-state index in [2.05, 4.69) is 4.74 Å². The summed E-state index contributed by atoms with van der Waals surface area (Å²) in [5.41, 5.74) is 6.52. The Labute approximate surface area is 107 Å². The number of carbonyl (C=O) groups excluding carboxylic acids is 1. The molecule has 0 saturated heterocycles. The van der Waals surface area contributed by atoms with E-state index in [9.17, 15) is 4.79 Å². The highest BCUT2D eigenvalue weighted by Crippen LogP contribution is 2.31. The number of hydrogen-bond donors (Lipinski definition) is 1. The number of hydrogen-bond acceptors (Lipinski definition) is 5. The van der Waals surface area contributed by atoms with Crippen molar-refractivity contribution < 1.29 is 19.0 Å². The highest BCUT2D eigenvalue weighted by atomic mass is 16.5. The fourth-order valence-corrected chi connectivity index (χ4v) is 1.58. The van der Waals surface area contributed by atoms with E-state index in [1.807, 2.05) is 18.2 Å². The van der Waals surface area contributed by atoms with Gasteiger partial charge in [-0.3, -0.25) is 4.79 Å². The molecule has 0 aliphatic heterocycles. The zero-order chi connectivity index (χ0) is 13.4. The summed E-state index contributed by atoms with van der Waals surface area (Å²) in [6.45, 7) is 0.783. The van der Waals surface area contributed by atoms with E-state index in [1.165, 1.54) is 7.11 Å². The summed E-state index contributed by atoms with van der Waals surface area (Å²) in [5.74, 6) is 0.991. The number of rotatable bonds is 7. The fourth-order valence-electron chi connectivity index (χ4n) is 1.58. The van der Waals surface area contributed by atoms with Crippen LogP contribution in [-0.4, -0.2) is 33.3 Å². The van der Waals surface area contributed by atoms with Crippen molar-refractivity contribution in [2.75, 3.05) is 27.4 Å². The molecule has 2 N–H and O–H groups in total. The molecule has 1 rings (SSSR count). The Morgan fingerprint density at radius 2 is 2.11 bits per heavy atom. The second-order valence-corrected chi connectivity index (χ2v) is 3.66. The number of methoxy groups -OCH3 is 2. The third kappa shape index (κ3) is 3.92. The molecule has 0 radical (unpaired) electrons. The van der Waals surface area contributed by atoms with Crippen LogP contribution in [0.4, 0.5) is 0 Å². The normalized spacial score (nSPS) is 9.94. The summed E-state index contributed by atoms with van der Waals surface area (Å²) in [4.78, 5) is 11.0. The van der Waals surface area contributed by atoms with Crippen molar-refractivity contribution in [2.45, 2.75) is 12.8 Å². The van der Waals surface area contributed by atoms with Crippen molar-refractivity contribution in [1.29, 1.82) is 0 Å². The molecule has 0 amide bonds. The van der Waals surface area contributed by atoms with Crippen LogP contribution in [0.15, 0.2) is 18.2 Å². The molecule has 0 aromatic heterocycles. The highest BCUT2D eigenvalue weighted by molar-refractivity contribution is 5.69. The van der Waals surface area contributed by atoms with E-state index in [0.29, 0.717) is 24.5 Å². The number of esters is 1. The second kappa shape index (κ2) is 7.55. The summed E-state index contributed by atoms with van der Waals surface area (Å²) in [6.07, 6.45) is 0.904. The smallest absolute Gasteiger partial charge is 0.308 e. The summed E-state index contributed by atoms with van der Waals surface area (Å²) in [6, 6.07) is 5.63. The van der Waals surface area contributed by atoms with Gasteiger partial charge in [0.25, 0.3) is 0 Å². The summed E-state index contributed by atoms with van der Waals surface area (Å²) in [7, 11) is 2.93. The third-order valence-electron chi connectivity index (χ3n) is 2.47. The van der Waals surface area contributed by atoms with Crippen LogP contribution >= 0.6 is 0 Å². The van der Waals surface area contributed by atoms with Crippen molar-refractivity contribution in [3.63, 3.8) is 0 Å². The maximum Gasteiger partial charge on any atom is 0.308 e. The molecule has 0 aliphatic rings. The lowest BCUT2D eigenvalue weighted by molar-refractivity contribution is -0.141. The molecular weight excluding hydrogens is 234 g/mol. The number of nitrogens with two attached hydrogens (primary N) is 1. The predicted octanol–water partition coefficient (Wildman–Crippen LogP) is 1.14. The van der Waals surface area contributed by atoms with Gasteiger partial charge in [0.05, 0.1) is 27.2 Å². The Morgan fingerprint density at radius 1 is 1.33 bits per heavy atom. The summed E-state index contributed by atoms with van der Waals surface area (Å²) in [5, 5.41) is 0. The topological polar surface area (TPSA) is 70.8 Å². The van der Waals surface area contributed by atoms with Gasteiger partial charge in [-0.1, -0.05) is 12.1 Å². The summed E-state index contributed by atoms with van der Waals surface area (Å²) >= 11 is 0. The third-order valence-corrected chi connectivity index (χ3v) is 2.47. The van der Waals surface area contributed by atoms with Crippen LogP contribution in [0, 0.1) is 0 Å². The van der Waals surface area contributed by atoms with Gasteiger partial charge in [-0.2, -0.15) is 0 Å². The Kier molecular flexibility index (Phi) is 6.00. The zero-order valence-corrected chi connectivity index (χ0v) is 10.8. The monoisotopic (exact) mass is 253 g/mol. The molecule has 18 heavy (non-hydrogen) atoms. The van der Waals surface area contributed by atoms with E-state index >= 15 is 0 Å². The zero-order valence-electron chi connectivity index (χ0n) is 10.8. The first kappa shape index (κ1) is 14.3. The van der Waals surface area contributed by atoms with Gasteiger partial charge >= 0.3 is 5.97 Å². The molecular formula is C13H19NO4. The van der Waals surface area contributed by atoms with E-state index in [1.54, 1.807) is 7.11 Å². The van der Waals surface area contributed by atoms with Crippen molar-refractivity contribution in [3.8, 4) is 11.5 Å². The Hall–Kier alpha value is -1.75. The molecule has 0 spiro atoms. The lowest BCUT2D eigenvalue weighted by Gasteiger charge is -2.14. The van der Waals surface area contributed by atoms with Gasteiger partial charge in [-0.05, 0) is 24.6 Å². The molecule has 0 saturated carbocycles. The van der Waals surface area contributed by atoms with Crippen molar-refractivity contribution in [3.05, 3.63) is 23.8 Å². The minimum Gasteiger partial charge on any atom is -0.493 e. The fraction of sp³-hybridized carbons (Fsp3) is 0.462. The van der Waals surface area contributed by atoms with E-state index in [-0.39, 0.29) is 19.0 Å². The van der Waals surface area contributed by atoms with Gasteiger partial charge in [0.2, 0.25) is 0 Å².